The fourth-order valence-electron chi connectivity index (χ4n) is 5.11. The van der Waals surface area contributed by atoms with E-state index in [1.165, 1.54) is 68.5 Å². The molecule has 2 saturated carbocycles. The monoisotopic (exact) mass is 517 g/mol. The van der Waals surface area contributed by atoms with Gasteiger partial charge < -0.3 is 18.2 Å². The Bertz CT molecular complexity index is 474. The quantitative estimate of drug-likeness (QED) is 0.117. The highest BCUT2D eigenvalue weighted by Gasteiger charge is 2.40. The molecule has 2 aliphatic carbocycles. The standard InChI is InChI=1S/C26H51NO3S2Si/c1-4-19-28-33(29-20-5-2,30-21-6-3)23-14-13-22-32-26(31)27(24-15-9-7-10-16-24)25-17-11-8-12-18-25/h24-25H,4-23H2,1-3H3. The van der Waals surface area contributed by atoms with E-state index < -0.39 is 8.80 Å². The zero-order chi connectivity index (χ0) is 23.8. The fraction of sp³-hybridized carbons (Fsp3) is 0.962. The van der Waals surface area contributed by atoms with Crippen molar-refractivity contribution < 1.29 is 13.3 Å². The third kappa shape index (κ3) is 10.9. The van der Waals surface area contributed by atoms with E-state index in [2.05, 4.69) is 25.7 Å². The number of rotatable bonds is 16. The first kappa shape index (κ1) is 29.6. The summed E-state index contributed by atoms with van der Waals surface area (Å²) in [7, 11) is -2.56. The average molecular weight is 518 g/mol. The summed E-state index contributed by atoms with van der Waals surface area (Å²) in [6.07, 6.45) is 18.9. The molecule has 0 saturated heterocycles. The summed E-state index contributed by atoms with van der Waals surface area (Å²) in [6, 6.07) is 2.30. The second kappa shape index (κ2) is 17.7. The second-order valence-corrected chi connectivity index (χ2v) is 14.3. The topological polar surface area (TPSA) is 30.9 Å². The van der Waals surface area contributed by atoms with Crippen LogP contribution >= 0.6 is 24.0 Å². The number of hydrogen-bond donors (Lipinski definition) is 0. The van der Waals surface area contributed by atoms with Crippen LogP contribution in [0.1, 0.15) is 117 Å². The molecule has 0 aromatic rings. The average Bonchev–Trinajstić information content (AvgIpc) is 2.86. The normalized spacial score (nSPS) is 18.5. The molecule has 0 bridgehead atoms. The van der Waals surface area contributed by atoms with Crippen molar-refractivity contribution >= 4 is 37.1 Å². The minimum absolute atomic E-state index is 0.689. The van der Waals surface area contributed by atoms with E-state index in [1.807, 2.05) is 11.8 Å². The Labute approximate surface area is 215 Å². The van der Waals surface area contributed by atoms with Gasteiger partial charge in [-0.15, -0.1) is 0 Å². The number of unbranched alkanes of at least 4 members (excludes halogenated alkanes) is 1. The lowest BCUT2D eigenvalue weighted by molar-refractivity contribution is 0.0587. The summed E-state index contributed by atoms with van der Waals surface area (Å²) in [5.41, 5.74) is 0. The van der Waals surface area contributed by atoms with Crippen LogP contribution in [0.2, 0.25) is 6.04 Å². The van der Waals surface area contributed by atoms with E-state index in [-0.39, 0.29) is 0 Å². The number of hydrogen-bond acceptors (Lipinski definition) is 5. The third-order valence-corrected chi connectivity index (χ3v) is 11.2. The van der Waals surface area contributed by atoms with Gasteiger partial charge in [0.1, 0.15) is 4.32 Å². The van der Waals surface area contributed by atoms with E-state index in [0.717, 1.165) is 63.7 Å². The van der Waals surface area contributed by atoms with Gasteiger partial charge in [-0.2, -0.15) is 0 Å². The first-order valence-electron chi connectivity index (χ1n) is 14.0. The molecule has 0 heterocycles. The lowest BCUT2D eigenvalue weighted by Gasteiger charge is -2.43. The summed E-state index contributed by atoms with van der Waals surface area (Å²) in [4.78, 5) is 2.70. The molecule has 0 aromatic carbocycles. The van der Waals surface area contributed by atoms with Crippen molar-refractivity contribution in [1.82, 2.24) is 4.90 Å². The van der Waals surface area contributed by atoms with Crippen LogP contribution in [0.5, 0.6) is 0 Å². The molecule has 194 valence electrons. The van der Waals surface area contributed by atoms with Gasteiger partial charge in [0, 0.05) is 43.7 Å². The minimum Gasteiger partial charge on any atom is -0.373 e. The van der Waals surface area contributed by atoms with Crippen molar-refractivity contribution in [2.24, 2.45) is 0 Å². The van der Waals surface area contributed by atoms with Crippen LogP contribution in [0, 0.1) is 0 Å². The first-order chi connectivity index (χ1) is 16.2. The number of nitrogens with zero attached hydrogens (tertiary/aromatic N) is 1. The van der Waals surface area contributed by atoms with Gasteiger partial charge in [0.05, 0.1) is 0 Å². The predicted octanol–water partition coefficient (Wildman–Crippen LogP) is 7.97. The fourth-order valence-corrected chi connectivity index (χ4v) is 9.54. The molecule has 2 rings (SSSR count). The van der Waals surface area contributed by atoms with Gasteiger partial charge >= 0.3 is 8.80 Å². The van der Waals surface area contributed by atoms with Crippen molar-refractivity contribution in [2.75, 3.05) is 25.6 Å². The SMILES string of the molecule is CCCO[Si](CCCCSC(=S)N(C1CCCCC1)C1CCCCC1)(OCCC)OCCC. The Hall–Kier alpha value is 0.337. The molecule has 0 aliphatic heterocycles. The first-order valence-corrected chi connectivity index (χ1v) is 17.3. The molecule has 0 spiro atoms. The maximum absolute atomic E-state index is 6.26. The van der Waals surface area contributed by atoms with Gasteiger partial charge in [-0.25, -0.2) is 0 Å². The molecule has 0 radical (unpaired) electrons. The van der Waals surface area contributed by atoms with Crippen LogP contribution in [0.15, 0.2) is 0 Å². The molecule has 0 N–H and O–H groups in total. The van der Waals surface area contributed by atoms with Crippen LogP contribution in [0.4, 0.5) is 0 Å². The predicted molar refractivity (Wildman–Crippen MR) is 149 cm³/mol. The Kier molecular flexibility index (Phi) is 15.9. The summed E-state index contributed by atoms with van der Waals surface area (Å²) in [6.45, 7) is 8.66. The van der Waals surface area contributed by atoms with Crippen molar-refractivity contribution in [3.63, 3.8) is 0 Å². The Morgan fingerprint density at radius 3 is 1.64 bits per heavy atom. The van der Waals surface area contributed by atoms with Crippen molar-refractivity contribution in [3.8, 4) is 0 Å². The molecular weight excluding hydrogens is 467 g/mol. The molecule has 0 atom stereocenters. The minimum atomic E-state index is -2.56. The van der Waals surface area contributed by atoms with Gasteiger partial charge in [0.2, 0.25) is 0 Å². The molecule has 0 amide bonds. The van der Waals surface area contributed by atoms with Crippen LogP contribution in [-0.2, 0) is 13.3 Å². The maximum Gasteiger partial charge on any atom is 0.500 e. The van der Waals surface area contributed by atoms with Crippen molar-refractivity contribution in [2.45, 2.75) is 135 Å². The molecular formula is C26H51NO3S2Si. The highest BCUT2D eigenvalue weighted by molar-refractivity contribution is 8.22. The molecule has 33 heavy (non-hydrogen) atoms. The van der Waals surface area contributed by atoms with Crippen LogP contribution in [0.3, 0.4) is 0 Å². The Morgan fingerprint density at radius 2 is 1.21 bits per heavy atom. The lowest BCUT2D eigenvalue weighted by atomic mass is 9.89. The summed E-state index contributed by atoms with van der Waals surface area (Å²) < 4.78 is 20.0. The van der Waals surface area contributed by atoms with E-state index >= 15 is 0 Å². The molecule has 2 aliphatic rings. The van der Waals surface area contributed by atoms with Crippen molar-refractivity contribution in [1.29, 1.82) is 0 Å². The zero-order valence-electron chi connectivity index (χ0n) is 21.8. The van der Waals surface area contributed by atoms with Gasteiger partial charge in [0.15, 0.2) is 0 Å². The lowest BCUT2D eigenvalue weighted by Crippen LogP contribution is -2.47. The largest absolute Gasteiger partial charge is 0.500 e. The van der Waals surface area contributed by atoms with Crippen LogP contribution in [0.25, 0.3) is 0 Å². The summed E-state index contributed by atoms with van der Waals surface area (Å²) in [5, 5.41) is 0. The second-order valence-electron chi connectivity index (χ2n) is 9.79. The molecule has 4 nitrogen and oxygen atoms in total. The summed E-state index contributed by atoms with van der Waals surface area (Å²) in [5.74, 6) is 1.09. The molecule has 0 aromatic heterocycles. The summed E-state index contributed by atoms with van der Waals surface area (Å²) >= 11 is 7.98. The van der Waals surface area contributed by atoms with E-state index in [0.29, 0.717) is 12.1 Å². The third-order valence-electron chi connectivity index (χ3n) is 6.83. The molecule has 7 heteroatoms. The number of thioether (sulfide) groups is 1. The molecule has 0 unspecified atom stereocenters. The van der Waals surface area contributed by atoms with Gasteiger partial charge in [-0.05, 0) is 57.8 Å². The smallest absolute Gasteiger partial charge is 0.373 e. The zero-order valence-corrected chi connectivity index (χ0v) is 24.4. The van der Waals surface area contributed by atoms with Crippen LogP contribution < -0.4 is 0 Å². The van der Waals surface area contributed by atoms with E-state index in [4.69, 9.17) is 25.5 Å². The Morgan fingerprint density at radius 1 is 0.758 bits per heavy atom. The maximum atomic E-state index is 6.26. The molecule has 2 fully saturated rings. The number of thiocarbonyl (C=S) groups is 1. The Balaban J connectivity index is 1.85. The van der Waals surface area contributed by atoms with Crippen LogP contribution in [-0.4, -0.2) is 55.7 Å². The van der Waals surface area contributed by atoms with Crippen molar-refractivity contribution in [3.05, 3.63) is 0 Å². The highest BCUT2D eigenvalue weighted by atomic mass is 32.2. The van der Waals surface area contributed by atoms with E-state index in [1.54, 1.807) is 0 Å². The van der Waals surface area contributed by atoms with Gasteiger partial charge in [-0.1, -0.05) is 83.3 Å². The van der Waals surface area contributed by atoms with Gasteiger partial charge in [0.25, 0.3) is 0 Å². The van der Waals surface area contributed by atoms with E-state index in [9.17, 15) is 0 Å². The highest BCUT2D eigenvalue weighted by Crippen LogP contribution is 2.33. The van der Waals surface area contributed by atoms with Gasteiger partial charge in [-0.3, -0.25) is 0 Å².